The average molecular weight is 383 g/mol. The smallest absolute Gasteiger partial charge is 0.305 e. The Balaban J connectivity index is 2.16. The molecule has 0 saturated carbocycles. The molecule has 1 aromatic heterocycles. The van der Waals surface area contributed by atoms with Gasteiger partial charge in [-0.25, -0.2) is 9.48 Å². The molecule has 0 atom stereocenters. The molecule has 0 aliphatic rings. The Morgan fingerprint density at radius 1 is 1.16 bits per heavy atom. The first-order valence-electron chi connectivity index (χ1n) is 7.26. The molecule has 0 aliphatic heterocycles. The molecule has 132 valence electrons. The maximum Gasteiger partial charge on any atom is 0.326 e. The first-order valence-corrected chi connectivity index (χ1v) is 8.02. The van der Waals surface area contributed by atoms with Gasteiger partial charge >= 0.3 is 6.03 Å². The van der Waals surface area contributed by atoms with Crippen LogP contribution in [0.3, 0.4) is 0 Å². The highest BCUT2D eigenvalue weighted by Gasteiger charge is 2.21. The number of urea groups is 1. The standard InChI is InChI=1S/C16H16Cl2N4O3/c1-16(2,3)22-14(24)12(18)11(8-19-22)20-15(25)21-13(23)9-6-4-5-7-10(9)17/h4-8H,1-3H3,(H2,20,21,23,25). The van der Waals surface area contributed by atoms with Crippen LogP contribution in [0.5, 0.6) is 0 Å². The summed E-state index contributed by atoms with van der Waals surface area (Å²) in [6.07, 6.45) is 1.24. The molecule has 0 fully saturated rings. The lowest BCUT2D eigenvalue weighted by molar-refractivity contribution is 0.0967. The summed E-state index contributed by atoms with van der Waals surface area (Å²) < 4.78 is 1.20. The number of anilines is 1. The van der Waals surface area contributed by atoms with Crippen molar-refractivity contribution < 1.29 is 9.59 Å². The van der Waals surface area contributed by atoms with Gasteiger partial charge in [-0.15, -0.1) is 0 Å². The van der Waals surface area contributed by atoms with Crippen LogP contribution in [-0.4, -0.2) is 21.7 Å². The van der Waals surface area contributed by atoms with Crippen molar-refractivity contribution in [3.05, 3.63) is 56.4 Å². The van der Waals surface area contributed by atoms with E-state index in [2.05, 4.69) is 15.7 Å². The molecule has 0 saturated heterocycles. The van der Waals surface area contributed by atoms with Crippen LogP contribution in [0.25, 0.3) is 0 Å². The van der Waals surface area contributed by atoms with Crippen molar-refractivity contribution in [2.75, 3.05) is 5.32 Å². The fourth-order valence-electron chi connectivity index (χ4n) is 1.97. The second-order valence-corrected chi connectivity index (χ2v) is 6.93. The summed E-state index contributed by atoms with van der Waals surface area (Å²) in [5.41, 5.74) is -0.977. The number of aromatic nitrogens is 2. The number of nitrogens with zero attached hydrogens (tertiary/aromatic N) is 2. The summed E-state index contributed by atoms with van der Waals surface area (Å²) in [5, 5.41) is 8.43. The quantitative estimate of drug-likeness (QED) is 0.833. The first-order chi connectivity index (χ1) is 11.6. The number of halogens is 2. The molecule has 2 N–H and O–H groups in total. The Kier molecular flexibility index (Phi) is 5.49. The second-order valence-electron chi connectivity index (χ2n) is 6.15. The lowest BCUT2D eigenvalue weighted by atomic mass is 10.1. The molecule has 1 heterocycles. The Morgan fingerprint density at radius 3 is 2.40 bits per heavy atom. The number of carbonyl (C=O) groups excluding carboxylic acids is 2. The van der Waals surface area contributed by atoms with Gasteiger partial charge < -0.3 is 5.32 Å². The molecule has 25 heavy (non-hydrogen) atoms. The van der Waals surface area contributed by atoms with Crippen LogP contribution in [0.2, 0.25) is 10.0 Å². The number of rotatable bonds is 2. The number of amides is 3. The maximum absolute atomic E-state index is 12.2. The monoisotopic (exact) mass is 382 g/mol. The van der Waals surface area contributed by atoms with E-state index in [-0.39, 0.29) is 21.3 Å². The van der Waals surface area contributed by atoms with Crippen LogP contribution in [0, 0.1) is 0 Å². The third kappa shape index (κ3) is 4.37. The van der Waals surface area contributed by atoms with E-state index in [1.54, 1.807) is 32.9 Å². The Hall–Kier alpha value is -2.38. The molecule has 2 aromatic rings. The van der Waals surface area contributed by atoms with Crippen molar-refractivity contribution in [3.8, 4) is 0 Å². The lowest BCUT2D eigenvalue weighted by Gasteiger charge is -2.21. The van der Waals surface area contributed by atoms with Crippen LogP contribution >= 0.6 is 23.2 Å². The predicted octanol–water partition coefficient (Wildman–Crippen LogP) is 3.27. The van der Waals surface area contributed by atoms with Crippen LogP contribution in [0.15, 0.2) is 35.3 Å². The van der Waals surface area contributed by atoms with Gasteiger partial charge in [0.05, 0.1) is 28.0 Å². The minimum Gasteiger partial charge on any atom is -0.305 e. The zero-order chi connectivity index (χ0) is 18.8. The highest BCUT2D eigenvalue weighted by Crippen LogP contribution is 2.18. The minimum atomic E-state index is -0.860. The third-order valence-electron chi connectivity index (χ3n) is 3.15. The molecule has 0 bridgehead atoms. The van der Waals surface area contributed by atoms with E-state index in [9.17, 15) is 14.4 Å². The van der Waals surface area contributed by atoms with Gasteiger partial charge in [-0.3, -0.25) is 14.9 Å². The average Bonchev–Trinajstić information content (AvgIpc) is 2.51. The van der Waals surface area contributed by atoms with Gasteiger partial charge in [-0.1, -0.05) is 35.3 Å². The van der Waals surface area contributed by atoms with Gasteiger partial charge in [0.2, 0.25) is 0 Å². The first kappa shape index (κ1) is 19.0. The SMILES string of the molecule is CC(C)(C)n1ncc(NC(=O)NC(=O)c2ccccc2Cl)c(Cl)c1=O. The van der Waals surface area contributed by atoms with E-state index in [0.29, 0.717) is 0 Å². The lowest BCUT2D eigenvalue weighted by Crippen LogP contribution is -2.38. The molecule has 7 nitrogen and oxygen atoms in total. The number of benzene rings is 1. The highest BCUT2D eigenvalue weighted by atomic mass is 35.5. The van der Waals surface area contributed by atoms with Gasteiger partial charge in [0.1, 0.15) is 5.02 Å². The number of nitrogens with one attached hydrogen (secondary N) is 2. The van der Waals surface area contributed by atoms with E-state index in [1.807, 2.05) is 0 Å². The number of imide groups is 1. The summed E-state index contributed by atoms with van der Waals surface area (Å²) in [4.78, 5) is 36.2. The van der Waals surface area contributed by atoms with Gasteiger partial charge in [0.25, 0.3) is 11.5 Å². The van der Waals surface area contributed by atoms with E-state index < -0.39 is 23.0 Å². The van der Waals surface area contributed by atoms with Crippen LogP contribution < -0.4 is 16.2 Å². The molecule has 0 aliphatic carbocycles. The molecule has 9 heteroatoms. The van der Waals surface area contributed by atoms with E-state index in [4.69, 9.17) is 23.2 Å². The minimum absolute atomic E-state index is 0.00312. The van der Waals surface area contributed by atoms with Crippen molar-refractivity contribution in [1.82, 2.24) is 15.1 Å². The molecule has 0 unspecified atom stereocenters. The van der Waals surface area contributed by atoms with Crippen molar-refractivity contribution in [2.24, 2.45) is 0 Å². The van der Waals surface area contributed by atoms with Gasteiger partial charge in [0, 0.05) is 0 Å². The number of hydrogen-bond donors (Lipinski definition) is 2. The van der Waals surface area contributed by atoms with Crippen LogP contribution in [0.4, 0.5) is 10.5 Å². The fourth-order valence-corrected chi connectivity index (χ4v) is 2.36. The largest absolute Gasteiger partial charge is 0.326 e. The Labute approximate surface area is 153 Å². The molecular formula is C16H16Cl2N4O3. The van der Waals surface area contributed by atoms with Crippen molar-refractivity contribution in [1.29, 1.82) is 0 Å². The van der Waals surface area contributed by atoms with Gasteiger partial charge in [-0.2, -0.15) is 5.10 Å². The molecular weight excluding hydrogens is 367 g/mol. The topological polar surface area (TPSA) is 93.1 Å². The Morgan fingerprint density at radius 2 is 1.80 bits per heavy atom. The second kappa shape index (κ2) is 7.25. The van der Waals surface area contributed by atoms with E-state index >= 15 is 0 Å². The van der Waals surface area contributed by atoms with Crippen molar-refractivity contribution >= 4 is 40.8 Å². The summed E-state index contributed by atoms with van der Waals surface area (Å²) in [7, 11) is 0. The predicted molar refractivity (Wildman–Crippen MR) is 96.4 cm³/mol. The normalized spacial score (nSPS) is 11.1. The molecule has 0 spiro atoms. The van der Waals surface area contributed by atoms with Crippen molar-refractivity contribution in [2.45, 2.75) is 26.3 Å². The molecule has 3 amide bonds. The van der Waals surface area contributed by atoms with E-state index in [1.165, 1.54) is 23.0 Å². The summed E-state index contributed by atoms with van der Waals surface area (Å²) in [5.74, 6) is -0.685. The van der Waals surface area contributed by atoms with Crippen molar-refractivity contribution in [3.63, 3.8) is 0 Å². The zero-order valence-corrected chi connectivity index (χ0v) is 15.3. The van der Waals surface area contributed by atoms with Crippen LogP contribution in [-0.2, 0) is 5.54 Å². The van der Waals surface area contributed by atoms with E-state index in [0.717, 1.165) is 0 Å². The van der Waals surface area contributed by atoms with Gasteiger partial charge in [-0.05, 0) is 32.9 Å². The third-order valence-corrected chi connectivity index (χ3v) is 3.84. The fraction of sp³-hybridized carbons (Fsp3) is 0.250. The number of hydrogen-bond acceptors (Lipinski definition) is 4. The Bertz CT molecular complexity index is 888. The van der Waals surface area contributed by atoms with Crippen LogP contribution in [0.1, 0.15) is 31.1 Å². The van der Waals surface area contributed by atoms with Gasteiger partial charge in [0.15, 0.2) is 0 Å². The summed E-state index contributed by atoms with van der Waals surface area (Å²) in [6, 6.07) is 5.42. The summed E-state index contributed by atoms with van der Waals surface area (Å²) >= 11 is 11.9. The molecule has 1 aromatic carbocycles. The maximum atomic E-state index is 12.2. The molecule has 0 radical (unpaired) electrons. The zero-order valence-electron chi connectivity index (χ0n) is 13.8. The highest BCUT2D eigenvalue weighted by molar-refractivity contribution is 6.34. The number of carbonyl (C=O) groups is 2. The summed E-state index contributed by atoms with van der Waals surface area (Å²) in [6.45, 7) is 5.37. The molecule has 2 rings (SSSR count).